The van der Waals surface area contributed by atoms with Crippen molar-refractivity contribution in [3.8, 4) is 0 Å². The second-order valence-corrected chi connectivity index (χ2v) is 7.50. The number of amides is 1. The van der Waals surface area contributed by atoms with Crippen LogP contribution in [0.5, 0.6) is 0 Å². The predicted molar refractivity (Wildman–Crippen MR) is 112 cm³/mol. The third kappa shape index (κ3) is 5.05. The van der Waals surface area contributed by atoms with Crippen LogP contribution in [0.25, 0.3) is 0 Å². The van der Waals surface area contributed by atoms with Crippen LogP contribution in [0.4, 0.5) is 5.69 Å². The SMILES string of the molecule is CS/C=C/CNC(=O)c1cc(Cl)c(C2CC2)cc1NCc1ccccc1. The van der Waals surface area contributed by atoms with Gasteiger partial charge in [-0.05, 0) is 53.7 Å². The lowest BCUT2D eigenvalue weighted by Gasteiger charge is -2.15. The zero-order valence-electron chi connectivity index (χ0n) is 14.8. The molecule has 0 heterocycles. The number of hydrogen-bond donors (Lipinski definition) is 2. The molecule has 0 unspecified atom stereocenters. The highest BCUT2D eigenvalue weighted by molar-refractivity contribution is 8.01. The lowest BCUT2D eigenvalue weighted by atomic mass is 10.0. The first-order valence-corrected chi connectivity index (χ1v) is 10.4. The molecule has 1 saturated carbocycles. The molecule has 1 fully saturated rings. The molecule has 0 atom stereocenters. The number of hydrogen-bond acceptors (Lipinski definition) is 3. The van der Waals surface area contributed by atoms with Crippen LogP contribution >= 0.6 is 23.4 Å². The molecule has 1 aliphatic carbocycles. The second-order valence-electron chi connectivity index (χ2n) is 6.35. The van der Waals surface area contributed by atoms with E-state index >= 15 is 0 Å². The Hall–Kier alpha value is -1.91. The van der Waals surface area contributed by atoms with Crippen molar-refractivity contribution < 1.29 is 4.79 Å². The first kappa shape index (κ1) is 18.9. The average molecular weight is 387 g/mol. The van der Waals surface area contributed by atoms with Gasteiger partial charge in [0.15, 0.2) is 0 Å². The molecule has 1 aliphatic rings. The van der Waals surface area contributed by atoms with Crippen molar-refractivity contribution in [3.63, 3.8) is 0 Å². The van der Waals surface area contributed by atoms with Gasteiger partial charge < -0.3 is 10.6 Å². The van der Waals surface area contributed by atoms with E-state index in [1.807, 2.05) is 35.9 Å². The van der Waals surface area contributed by atoms with Gasteiger partial charge in [-0.25, -0.2) is 0 Å². The summed E-state index contributed by atoms with van der Waals surface area (Å²) in [5, 5.41) is 8.99. The first-order chi connectivity index (χ1) is 12.7. The number of benzene rings is 2. The van der Waals surface area contributed by atoms with Gasteiger partial charge in [-0.3, -0.25) is 4.79 Å². The Morgan fingerprint density at radius 1 is 1.27 bits per heavy atom. The summed E-state index contributed by atoms with van der Waals surface area (Å²) < 4.78 is 0. The van der Waals surface area contributed by atoms with Crippen molar-refractivity contribution in [2.75, 3.05) is 18.1 Å². The molecular weight excluding hydrogens is 364 g/mol. The number of nitrogens with one attached hydrogen (secondary N) is 2. The van der Waals surface area contributed by atoms with Gasteiger partial charge in [-0.15, -0.1) is 11.8 Å². The quantitative estimate of drug-likeness (QED) is 0.635. The Kier molecular flexibility index (Phi) is 6.64. The number of thioether (sulfide) groups is 1. The average Bonchev–Trinajstić information content (AvgIpc) is 3.49. The zero-order chi connectivity index (χ0) is 18.4. The maximum Gasteiger partial charge on any atom is 0.253 e. The van der Waals surface area contributed by atoms with E-state index in [1.54, 1.807) is 17.8 Å². The summed E-state index contributed by atoms with van der Waals surface area (Å²) in [6, 6.07) is 14.0. The normalized spacial score (nSPS) is 13.8. The fourth-order valence-electron chi connectivity index (χ4n) is 2.82. The minimum Gasteiger partial charge on any atom is -0.380 e. The maximum absolute atomic E-state index is 12.6. The monoisotopic (exact) mass is 386 g/mol. The van der Waals surface area contributed by atoms with Crippen LogP contribution in [0, 0.1) is 0 Å². The molecule has 3 nitrogen and oxygen atoms in total. The van der Waals surface area contributed by atoms with Crippen molar-refractivity contribution in [2.45, 2.75) is 25.3 Å². The Labute approximate surface area is 164 Å². The van der Waals surface area contributed by atoms with Crippen LogP contribution in [0.1, 0.15) is 40.2 Å². The van der Waals surface area contributed by atoms with Crippen LogP contribution in [-0.4, -0.2) is 18.7 Å². The van der Waals surface area contributed by atoms with Gasteiger partial charge >= 0.3 is 0 Å². The number of carbonyl (C=O) groups excluding carboxylic acids is 1. The highest BCUT2D eigenvalue weighted by Crippen LogP contribution is 2.44. The van der Waals surface area contributed by atoms with Gasteiger partial charge in [-0.2, -0.15) is 0 Å². The first-order valence-electron chi connectivity index (χ1n) is 8.76. The van der Waals surface area contributed by atoms with E-state index in [-0.39, 0.29) is 5.91 Å². The molecule has 26 heavy (non-hydrogen) atoms. The van der Waals surface area contributed by atoms with E-state index < -0.39 is 0 Å². The Bertz CT molecular complexity index is 788. The molecular formula is C21H23ClN2OS. The molecule has 0 bridgehead atoms. The molecule has 0 radical (unpaired) electrons. The van der Waals surface area contributed by atoms with Gasteiger partial charge in [0, 0.05) is 23.8 Å². The van der Waals surface area contributed by atoms with Crippen molar-refractivity contribution in [1.82, 2.24) is 5.32 Å². The molecule has 1 amide bonds. The molecule has 0 spiro atoms. The van der Waals surface area contributed by atoms with Crippen molar-refractivity contribution in [3.05, 3.63) is 75.7 Å². The van der Waals surface area contributed by atoms with Crippen LogP contribution < -0.4 is 10.6 Å². The largest absolute Gasteiger partial charge is 0.380 e. The fraction of sp³-hybridized carbons (Fsp3) is 0.286. The summed E-state index contributed by atoms with van der Waals surface area (Å²) in [6.45, 7) is 1.17. The molecule has 0 saturated heterocycles. The molecule has 5 heteroatoms. The van der Waals surface area contributed by atoms with Gasteiger partial charge in [0.2, 0.25) is 0 Å². The summed E-state index contributed by atoms with van der Waals surface area (Å²) in [5.74, 6) is 0.414. The number of rotatable bonds is 8. The summed E-state index contributed by atoms with van der Waals surface area (Å²) in [7, 11) is 0. The van der Waals surface area contributed by atoms with E-state index in [1.165, 1.54) is 18.4 Å². The molecule has 2 aromatic rings. The molecule has 0 aliphatic heterocycles. The van der Waals surface area contributed by atoms with Gasteiger partial charge in [0.1, 0.15) is 0 Å². The van der Waals surface area contributed by atoms with Crippen LogP contribution in [0.3, 0.4) is 0 Å². The third-order valence-electron chi connectivity index (χ3n) is 4.34. The lowest BCUT2D eigenvalue weighted by molar-refractivity contribution is 0.0959. The minimum absolute atomic E-state index is 0.115. The van der Waals surface area contributed by atoms with E-state index in [4.69, 9.17) is 11.6 Å². The van der Waals surface area contributed by atoms with Gasteiger partial charge in [0.25, 0.3) is 5.91 Å². The van der Waals surface area contributed by atoms with E-state index in [2.05, 4.69) is 28.8 Å². The summed E-state index contributed by atoms with van der Waals surface area (Å²) in [6.07, 6.45) is 6.26. The van der Waals surface area contributed by atoms with Crippen LogP contribution in [0.2, 0.25) is 5.02 Å². The van der Waals surface area contributed by atoms with E-state index in [0.29, 0.717) is 29.6 Å². The lowest BCUT2D eigenvalue weighted by Crippen LogP contribution is -2.24. The summed E-state index contributed by atoms with van der Waals surface area (Å²) >= 11 is 8.06. The van der Waals surface area contributed by atoms with Gasteiger partial charge in [0.05, 0.1) is 5.56 Å². The summed E-state index contributed by atoms with van der Waals surface area (Å²) in [5.41, 5.74) is 3.74. The zero-order valence-corrected chi connectivity index (χ0v) is 16.4. The predicted octanol–water partition coefficient (Wildman–Crippen LogP) is 5.44. The number of halogens is 1. The number of anilines is 1. The molecule has 2 N–H and O–H groups in total. The highest BCUT2D eigenvalue weighted by atomic mass is 35.5. The molecule has 136 valence electrons. The molecule has 2 aromatic carbocycles. The smallest absolute Gasteiger partial charge is 0.253 e. The van der Waals surface area contributed by atoms with Crippen LogP contribution in [-0.2, 0) is 6.54 Å². The standard InChI is InChI=1S/C21H23ClN2OS/c1-26-11-5-10-23-21(25)18-12-19(22)17(16-8-9-16)13-20(18)24-14-15-6-3-2-4-7-15/h2-7,11-13,16,24H,8-10,14H2,1H3,(H,23,25)/b11-5+. The topological polar surface area (TPSA) is 41.1 Å². The Morgan fingerprint density at radius 3 is 2.73 bits per heavy atom. The van der Waals surface area contributed by atoms with E-state index in [9.17, 15) is 4.79 Å². The maximum atomic E-state index is 12.6. The Morgan fingerprint density at radius 2 is 2.04 bits per heavy atom. The van der Waals surface area contributed by atoms with Crippen molar-refractivity contribution in [2.24, 2.45) is 0 Å². The highest BCUT2D eigenvalue weighted by Gasteiger charge is 2.27. The van der Waals surface area contributed by atoms with Crippen LogP contribution in [0.15, 0.2) is 53.9 Å². The van der Waals surface area contributed by atoms with E-state index in [0.717, 1.165) is 11.3 Å². The summed E-state index contributed by atoms with van der Waals surface area (Å²) in [4.78, 5) is 12.6. The van der Waals surface area contributed by atoms with Crippen molar-refractivity contribution >= 4 is 35.0 Å². The Balaban J connectivity index is 1.80. The second kappa shape index (κ2) is 9.15. The van der Waals surface area contributed by atoms with Crippen molar-refractivity contribution in [1.29, 1.82) is 0 Å². The minimum atomic E-state index is -0.115. The number of carbonyl (C=O) groups is 1. The fourth-order valence-corrected chi connectivity index (χ4v) is 3.42. The molecule has 0 aromatic heterocycles. The molecule has 3 rings (SSSR count). The van der Waals surface area contributed by atoms with Gasteiger partial charge in [-0.1, -0.05) is 48.0 Å². The third-order valence-corrected chi connectivity index (χ3v) is 5.13.